The normalized spacial score (nSPS) is 10.4. The van der Waals surface area contributed by atoms with E-state index in [0.717, 1.165) is 12.0 Å². The summed E-state index contributed by atoms with van der Waals surface area (Å²) in [4.78, 5) is 15.4. The monoisotopic (exact) mass is 274 g/mol. The van der Waals surface area contributed by atoms with E-state index in [1.807, 2.05) is 32.2 Å². The van der Waals surface area contributed by atoms with Crippen molar-refractivity contribution in [1.82, 2.24) is 4.90 Å². The Kier molecular flexibility index (Phi) is 4.22. The van der Waals surface area contributed by atoms with Gasteiger partial charge in [0.05, 0.1) is 0 Å². The zero-order chi connectivity index (χ0) is 13.8. The van der Waals surface area contributed by atoms with E-state index in [1.54, 1.807) is 22.3 Å². The molecule has 0 atom stereocenters. The molecule has 0 saturated carbocycles. The SMILES string of the molecule is Cc1ccc(N)cc1C(=O)N(C)CCc1cccs1. The highest BCUT2D eigenvalue weighted by molar-refractivity contribution is 7.09. The first kappa shape index (κ1) is 13.6. The van der Waals surface area contributed by atoms with E-state index in [9.17, 15) is 4.79 Å². The molecule has 4 heteroatoms. The van der Waals surface area contributed by atoms with E-state index in [4.69, 9.17) is 5.73 Å². The third-order valence-electron chi connectivity index (χ3n) is 3.11. The molecule has 100 valence electrons. The zero-order valence-corrected chi connectivity index (χ0v) is 12.0. The number of amides is 1. The van der Waals surface area contributed by atoms with Gasteiger partial charge in [0.1, 0.15) is 0 Å². The first-order valence-electron chi connectivity index (χ1n) is 6.22. The summed E-state index contributed by atoms with van der Waals surface area (Å²) in [6.45, 7) is 2.65. The van der Waals surface area contributed by atoms with Crippen LogP contribution in [0.3, 0.4) is 0 Å². The highest BCUT2D eigenvalue weighted by Gasteiger charge is 2.14. The number of hydrogen-bond donors (Lipinski definition) is 1. The van der Waals surface area contributed by atoms with Crippen molar-refractivity contribution < 1.29 is 4.79 Å². The summed E-state index contributed by atoms with van der Waals surface area (Å²) in [7, 11) is 1.83. The third kappa shape index (κ3) is 3.35. The highest BCUT2D eigenvalue weighted by atomic mass is 32.1. The van der Waals surface area contributed by atoms with Crippen molar-refractivity contribution >= 4 is 22.9 Å². The van der Waals surface area contributed by atoms with Crippen molar-refractivity contribution in [2.75, 3.05) is 19.3 Å². The Morgan fingerprint density at radius 2 is 2.16 bits per heavy atom. The minimum absolute atomic E-state index is 0.0290. The molecule has 0 unspecified atom stereocenters. The molecule has 0 aliphatic carbocycles. The van der Waals surface area contributed by atoms with Crippen LogP contribution in [0.15, 0.2) is 35.7 Å². The first-order chi connectivity index (χ1) is 9.08. The predicted octanol–water partition coefficient (Wildman–Crippen LogP) is 2.95. The van der Waals surface area contributed by atoms with Gasteiger partial charge in [0.2, 0.25) is 0 Å². The topological polar surface area (TPSA) is 46.3 Å². The second-order valence-electron chi connectivity index (χ2n) is 4.63. The number of aryl methyl sites for hydroxylation is 1. The lowest BCUT2D eigenvalue weighted by molar-refractivity contribution is 0.0796. The first-order valence-corrected chi connectivity index (χ1v) is 7.10. The van der Waals surface area contributed by atoms with Gasteiger partial charge in [-0.25, -0.2) is 0 Å². The predicted molar refractivity (Wildman–Crippen MR) is 80.6 cm³/mol. The minimum Gasteiger partial charge on any atom is -0.399 e. The molecule has 0 spiro atoms. The Morgan fingerprint density at radius 3 is 2.84 bits per heavy atom. The Labute approximate surface area is 117 Å². The number of thiophene rings is 1. The van der Waals surface area contributed by atoms with Crippen LogP contribution in [-0.4, -0.2) is 24.4 Å². The van der Waals surface area contributed by atoms with E-state index in [1.165, 1.54) is 4.88 Å². The molecule has 0 aliphatic heterocycles. The number of likely N-dealkylation sites (N-methyl/N-ethyl adjacent to an activating group) is 1. The summed E-state index contributed by atoms with van der Waals surface area (Å²) < 4.78 is 0. The molecule has 1 aromatic heterocycles. The van der Waals surface area contributed by atoms with Crippen molar-refractivity contribution in [3.63, 3.8) is 0 Å². The molecule has 0 radical (unpaired) electrons. The van der Waals surface area contributed by atoms with Gasteiger partial charge in [0.15, 0.2) is 0 Å². The molecule has 3 nitrogen and oxygen atoms in total. The van der Waals surface area contributed by atoms with Crippen molar-refractivity contribution in [3.8, 4) is 0 Å². The minimum atomic E-state index is 0.0290. The van der Waals surface area contributed by atoms with Crippen molar-refractivity contribution in [1.29, 1.82) is 0 Å². The number of anilines is 1. The molecule has 1 heterocycles. The van der Waals surface area contributed by atoms with Crippen LogP contribution in [0.25, 0.3) is 0 Å². The Bertz CT molecular complexity index is 564. The second kappa shape index (κ2) is 5.89. The lowest BCUT2D eigenvalue weighted by atomic mass is 10.1. The van der Waals surface area contributed by atoms with Crippen molar-refractivity contribution in [3.05, 3.63) is 51.7 Å². The maximum Gasteiger partial charge on any atom is 0.253 e. The Balaban J connectivity index is 2.04. The second-order valence-corrected chi connectivity index (χ2v) is 5.66. The molecule has 0 saturated heterocycles. The van der Waals surface area contributed by atoms with Gasteiger partial charge in [-0.1, -0.05) is 12.1 Å². The number of carbonyl (C=O) groups is 1. The quantitative estimate of drug-likeness (QED) is 0.871. The summed E-state index contributed by atoms with van der Waals surface area (Å²) in [5, 5.41) is 2.05. The number of rotatable bonds is 4. The summed E-state index contributed by atoms with van der Waals surface area (Å²) in [6.07, 6.45) is 0.890. The van der Waals surface area contributed by atoms with Crippen molar-refractivity contribution in [2.24, 2.45) is 0 Å². The largest absolute Gasteiger partial charge is 0.399 e. The van der Waals surface area contributed by atoms with Gasteiger partial charge < -0.3 is 10.6 Å². The maximum atomic E-state index is 12.4. The van der Waals surface area contributed by atoms with Gasteiger partial charge in [0, 0.05) is 29.7 Å². The molecule has 0 aliphatic rings. The molecule has 1 amide bonds. The summed E-state index contributed by atoms with van der Waals surface area (Å²) >= 11 is 1.72. The average molecular weight is 274 g/mol. The molecule has 0 bridgehead atoms. The lowest BCUT2D eigenvalue weighted by Gasteiger charge is -2.18. The fraction of sp³-hybridized carbons (Fsp3) is 0.267. The number of nitrogens with two attached hydrogens (primary N) is 1. The number of benzene rings is 1. The van der Waals surface area contributed by atoms with Gasteiger partial charge in [-0.3, -0.25) is 4.79 Å². The van der Waals surface area contributed by atoms with Crippen molar-refractivity contribution in [2.45, 2.75) is 13.3 Å². The molecule has 19 heavy (non-hydrogen) atoms. The van der Waals surface area contributed by atoms with Crippen LogP contribution < -0.4 is 5.73 Å². The molecular formula is C15H18N2OS. The summed E-state index contributed by atoms with van der Waals surface area (Å²) in [6, 6.07) is 9.57. The lowest BCUT2D eigenvalue weighted by Crippen LogP contribution is -2.29. The van der Waals surface area contributed by atoms with Crippen LogP contribution in [0.2, 0.25) is 0 Å². The smallest absolute Gasteiger partial charge is 0.253 e. The van der Waals surface area contributed by atoms with E-state index in [-0.39, 0.29) is 5.91 Å². The van der Waals surface area contributed by atoms with Gasteiger partial charge in [-0.15, -0.1) is 11.3 Å². The fourth-order valence-electron chi connectivity index (χ4n) is 1.91. The third-order valence-corrected chi connectivity index (χ3v) is 4.05. The van der Waals surface area contributed by atoms with Gasteiger partial charge in [-0.05, 0) is 42.5 Å². The molecule has 2 aromatic rings. The van der Waals surface area contributed by atoms with Crippen LogP contribution in [-0.2, 0) is 6.42 Å². The summed E-state index contributed by atoms with van der Waals surface area (Å²) in [5.74, 6) is 0.0290. The Morgan fingerprint density at radius 1 is 1.37 bits per heavy atom. The standard InChI is InChI=1S/C15H18N2OS/c1-11-5-6-12(16)10-14(11)15(18)17(2)8-7-13-4-3-9-19-13/h3-6,9-10H,7-8,16H2,1-2H3. The van der Waals surface area contributed by atoms with E-state index in [0.29, 0.717) is 17.8 Å². The van der Waals surface area contributed by atoms with Crippen LogP contribution in [0.1, 0.15) is 20.8 Å². The number of hydrogen-bond acceptors (Lipinski definition) is 3. The maximum absolute atomic E-state index is 12.4. The molecule has 2 rings (SSSR count). The number of nitrogen functional groups attached to an aromatic ring is 1. The van der Waals surface area contributed by atoms with E-state index in [2.05, 4.69) is 11.4 Å². The number of carbonyl (C=O) groups excluding carboxylic acids is 1. The van der Waals surface area contributed by atoms with Gasteiger partial charge in [-0.2, -0.15) is 0 Å². The van der Waals surface area contributed by atoms with Gasteiger partial charge >= 0.3 is 0 Å². The molecule has 2 N–H and O–H groups in total. The van der Waals surface area contributed by atoms with Crippen LogP contribution in [0.4, 0.5) is 5.69 Å². The fourth-order valence-corrected chi connectivity index (χ4v) is 2.61. The number of nitrogens with zero attached hydrogens (tertiary/aromatic N) is 1. The van der Waals surface area contributed by atoms with Crippen LogP contribution in [0, 0.1) is 6.92 Å². The average Bonchev–Trinajstić information content (AvgIpc) is 2.91. The zero-order valence-electron chi connectivity index (χ0n) is 11.2. The molecular weight excluding hydrogens is 256 g/mol. The Hall–Kier alpha value is -1.81. The highest BCUT2D eigenvalue weighted by Crippen LogP contribution is 2.15. The molecule has 1 aromatic carbocycles. The van der Waals surface area contributed by atoms with E-state index >= 15 is 0 Å². The van der Waals surface area contributed by atoms with Gasteiger partial charge in [0.25, 0.3) is 5.91 Å². The van der Waals surface area contributed by atoms with Crippen LogP contribution in [0.5, 0.6) is 0 Å². The summed E-state index contributed by atoms with van der Waals surface area (Å²) in [5.41, 5.74) is 8.02. The molecule has 0 fully saturated rings. The van der Waals surface area contributed by atoms with Crippen LogP contribution >= 0.6 is 11.3 Å². The van der Waals surface area contributed by atoms with E-state index < -0.39 is 0 Å².